The highest BCUT2D eigenvalue weighted by atomic mass is 16.5. The summed E-state index contributed by atoms with van der Waals surface area (Å²) in [5.41, 5.74) is 1.47. The third-order valence-electron chi connectivity index (χ3n) is 2.52. The van der Waals surface area contributed by atoms with Crippen molar-refractivity contribution in [2.45, 2.75) is 6.61 Å². The second kappa shape index (κ2) is 5.40. The summed E-state index contributed by atoms with van der Waals surface area (Å²) in [4.78, 5) is 10.6. The van der Waals surface area contributed by atoms with Gasteiger partial charge in [-0.2, -0.15) is 0 Å². The summed E-state index contributed by atoms with van der Waals surface area (Å²) in [5.74, 6) is 0.226. The molecule has 0 spiro atoms. The number of aromatic hydroxyl groups is 1. The maximum Gasteiger partial charge on any atom is 0.153 e. The minimum absolute atomic E-state index is 0.137. The maximum atomic E-state index is 10.6. The topological polar surface area (TPSA) is 46.5 Å². The summed E-state index contributed by atoms with van der Waals surface area (Å²) >= 11 is 0. The van der Waals surface area contributed by atoms with Crippen LogP contribution in [0.5, 0.6) is 11.5 Å². The van der Waals surface area contributed by atoms with Gasteiger partial charge >= 0.3 is 0 Å². The number of phenolic OH excluding ortho intramolecular Hbond substituents is 1. The molecule has 0 aliphatic rings. The van der Waals surface area contributed by atoms with E-state index >= 15 is 0 Å². The molecule has 0 amide bonds. The molecule has 1 N–H and O–H groups in total. The Labute approximate surface area is 106 Å². The van der Waals surface area contributed by atoms with Crippen LogP contribution in [0.2, 0.25) is 0 Å². The van der Waals surface area contributed by atoms with Crippen LogP contribution in [-0.4, -0.2) is 19.2 Å². The number of hydrogen-bond acceptors (Lipinski definition) is 3. The average Bonchev–Trinajstić information content (AvgIpc) is 2.40. The van der Waals surface area contributed by atoms with Gasteiger partial charge in [0.05, 0.1) is 5.56 Å². The Morgan fingerprint density at radius 1 is 1.22 bits per heavy atom. The molecule has 2 radical (unpaired) electrons. The number of phenols is 1. The van der Waals surface area contributed by atoms with Gasteiger partial charge < -0.3 is 9.84 Å². The van der Waals surface area contributed by atoms with Gasteiger partial charge in [0.2, 0.25) is 0 Å². The lowest BCUT2D eigenvalue weighted by atomic mass is 9.93. The summed E-state index contributed by atoms with van der Waals surface area (Å²) in [6.07, 6.45) is 0.548. The van der Waals surface area contributed by atoms with E-state index in [1.807, 2.05) is 30.3 Å². The first-order chi connectivity index (χ1) is 8.70. The monoisotopic (exact) mass is 238 g/mol. The van der Waals surface area contributed by atoms with Gasteiger partial charge in [0.1, 0.15) is 26.0 Å². The highest BCUT2D eigenvalue weighted by molar-refractivity contribution is 6.34. The number of carbonyl (C=O) groups is 1. The van der Waals surface area contributed by atoms with Gasteiger partial charge in [-0.25, -0.2) is 0 Å². The molecule has 0 bridgehead atoms. The Bertz CT molecular complexity index is 552. The zero-order valence-corrected chi connectivity index (χ0v) is 9.67. The van der Waals surface area contributed by atoms with Crippen molar-refractivity contribution in [1.82, 2.24) is 0 Å². The summed E-state index contributed by atoms with van der Waals surface area (Å²) in [6.45, 7) is 0.352. The lowest BCUT2D eigenvalue weighted by Gasteiger charge is -2.11. The highest BCUT2D eigenvalue weighted by Gasteiger charge is 2.06. The van der Waals surface area contributed by atoms with Gasteiger partial charge in [-0.3, -0.25) is 4.79 Å². The lowest BCUT2D eigenvalue weighted by molar-refractivity contribution is 0.112. The average molecular weight is 238 g/mol. The van der Waals surface area contributed by atoms with E-state index in [0.717, 1.165) is 5.56 Å². The summed E-state index contributed by atoms with van der Waals surface area (Å²) in [6, 6.07) is 12.3. The Balaban J connectivity index is 2.15. The fourth-order valence-electron chi connectivity index (χ4n) is 1.56. The second-order valence-electron chi connectivity index (χ2n) is 3.84. The first-order valence-electron chi connectivity index (χ1n) is 5.45. The number of rotatable bonds is 4. The van der Waals surface area contributed by atoms with Crippen molar-refractivity contribution in [2.24, 2.45) is 0 Å². The van der Waals surface area contributed by atoms with Crippen LogP contribution in [0.25, 0.3) is 0 Å². The van der Waals surface area contributed by atoms with Crippen LogP contribution in [0.1, 0.15) is 15.9 Å². The number of hydrogen-bond donors (Lipinski definition) is 1. The van der Waals surface area contributed by atoms with Crippen LogP contribution in [0.15, 0.2) is 42.5 Å². The fourth-order valence-corrected chi connectivity index (χ4v) is 1.56. The SMILES string of the molecule is [B]c1cc(C=O)c(O)cc1OCc1ccccc1. The number of benzene rings is 2. The van der Waals surface area contributed by atoms with Crippen LogP contribution in [0.3, 0.4) is 0 Å². The molecule has 2 aromatic rings. The van der Waals surface area contributed by atoms with E-state index in [4.69, 9.17) is 12.6 Å². The van der Waals surface area contributed by atoms with Gasteiger partial charge in [0.25, 0.3) is 0 Å². The van der Waals surface area contributed by atoms with Gasteiger partial charge in [-0.1, -0.05) is 41.9 Å². The van der Waals surface area contributed by atoms with E-state index in [1.165, 1.54) is 12.1 Å². The predicted molar refractivity (Wildman–Crippen MR) is 69.7 cm³/mol. The molecule has 0 aliphatic carbocycles. The summed E-state index contributed by atoms with van der Waals surface area (Å²) in [7, 11) is 5.73. The lowest BCUT2D eigenvalue weighted by Crippen LogP contribution is -2.10. The first kappa shape index (κ1) is 12.2. The molecular weight excluding hydrogens is 227 g/mol. The fraction of sp³-hybridized carbons (Fsp3) is 0.0714. The van der Waals surface area contributed by atoms with E-state index in [9.17, 15) is 9.90 Å². The van der Waals surface area contributed by atoms with Crippen LogP contribution in [0, 0.1) is 0 Å². The molecule has 3 nitrogen and oxygen atoms in total. The zero-order chi connectivity index (χ0) is 13.0. The molecule has 0 saturated carbocycles. The summed E-state index contributed by atoms with van der Waals surface area (Å²) < 4.78 is 5.50. The molecule has 0 saturated heterocycles. The third-order valence-corrected chi connectivity index (χ3v) is 2.52. The molecule has 0 aromatic heterocycles. The largest absolute Gasteiger partial charge is 0.507 e. The van der Waals surface area contributed by atoms with E-state index in [1.54, 1.807) is 0 Å². The van der Waals surface area contributed by atoms with E-state index in [2.05, 4.69) is 0 Å². The molecule has 88 valence electrons. The minimum Gasteiger partial charge on any atom is -0.507 e. The smallest absolute Gasteiger partial charge is 0.153 e. The standard InChI is InChI=1S/C14H11BO3/c15-12-6-11(8-16)13(17)7-14(12)18-9-10-4-2-1-3-5-10/h1-8,17H,9H2. The second-order valence-corrected chi connectivity index (χ2v) is 3.84. The van der Waals surface area contributed by atoms with E-state index < -0.39 is 0 Å². The van der Waals surface area contributed by atoms with Crippen molar-refractivity contribution in [3.8, 4) is 11.5 Å². The minimum atomic E-state index is -0.137. The number of ether oxygens (including phenoxy) is 1. The maximum absolute atomic E-state index is 10.6. The van der Waals surface area contributed by atoms with Crippen molar-refractivity contribution in [1.29, 1.82) is 0 Å². The van der Waals surface area contributed by atoms with Crippen molar-refractivity contribution < 1.29 is 14.6 Å². The summed E-state index contributed by atoms with van der Waals surface area (Å²) in [5, 5.41) is 9.55. The molecule has 2 aromatic carbocycles. The first-order valence-corrected chi connectivity index (χ1v) is 5.45. The van der Waals surface area contributed by atoms with Crippen LogP contribution < -0.4 is 10.2 Å². The molecule has 18 heavy (non-hydrogen) atoms. The van der Waals surface area contributed by atoms with Gasteiger partial charge in [-0.15, -0.1) is 0 Å². The zero-order valence-electron chi connectivity index (χ0n) is 9.67. The Morgan fingerprint density at radius 3 is 2.61 bits per heavy atom. The molecule has 0 aliphatic heterocycles. The molecule has 4 heteroatoms. The molecule has 0 heterocycles. The van der Waals surface area contributed by atoms with Crippen molar-refractivity contribution in [3.63, 3.8) is 0 Å². The van der Waals surface area contributed by atoms with Crippen LogP contribution in [0.4, 0.5) is 0 Å². The van der Waals surface area contributed by atoms with E-state index in [-0.39, 0.29) is 11.3 Å². The number of aldehydes is 1. The van der Waals surface area contributed by atoms with Crippen molar-refractivity contribution in [2.75, 3.05) is 0 Å². The van der Waals surface area contributed by atoms with Gasteiger partial charge in [0.15, 0.2) is 6.29 Å². The Hall–Kier alpha value is -2.23. The molecule has 0 unspecified atom stereocenters. The molecule has 0 fully saturated rings. The Kier molecular flexibility index (Phi) is 3.67. The highest BCUT2D eigenvalue weighted by Crippen LogP contribution is 2.20. The third kappa shape index (κ3) is 2.72. The quantitative estimate of drug-likeness (QED) is 0.649. The van der Waals surface area contributed by atoms with Gasteiger partial charge in [0, 0.05) is 6.07 Å². The molecular formula is C14H11BO3. The van der Waals surface area contributed by atoms with E-state index in [0.29, 0.717) is 24.1 Å². The van der Waals surface area contributed by atoms with Crippen LogP contribution in [-0.2, 0) is 6.61 Å². The van der Waals surface area contributed by atoms with Crippen LogP contribution >= 0.6 is 0 Å². The number of carbonyl (C=O) groups excluding carboxylic acids is 1. The van der Waals surface area contributed by atoms with Crippen molar-refractivity contribution in [3.05, 3.63) is 53.6 Å². The molecule has 0 atom stereocenters. The predicted octanol–water partition coefficient (Wildman–Crippen LogP) is 1.58. The Morgan fingerprint density at radius 2 is 1.94 bits per heavy atom. The van der Waals surface area contributed by atoms with Gasteiger partial charge in [-0.05, 0) is 5.56 Å². The molecule has 2 rings (SSSR count). The normalized spacial score (nSPS) is 10.0. The van der Waals surface area contributed by atoms with Crippen molar-refractivity contribution >= 4 is 19.6 Å².